The third-order valence-electron chi connectivity index (χ3n) is 6.20. The van der Waals surface area contributed by atoms with E-state index < -0.39 is 16.0 Å². The minimum atomic E-state index is -3.68. The van der Waals surface area contributed by atoms with E-state index in [1.165, 1.54) is 7.11 Å². The predicted octanol–water partition coefficient (Wildman–Crippen LogP) is 5.10. The Balaban J connectivity index is 2.00. The molecule has 0 aromatic heterocycles. The fourth-order valence-corrected chi connectivity index (χ4v) is 6.01. The lowest BCUT2D eigenvalue weighted by Gasteiger charge is -2.30. The molecular weight excluding hydrogens is 398 g/mol. The first-order chi connectivity index (χ1) is 14.4. The van der Waals surface area contributed by atoms with Crippen LogP contribution < -0.4 is 4.72 Å². The Bertz CT molecular complexity index is 956. The molecule has 0 aliphatic heterocycles. The molecule has 0 saturated heterocycles. The molecule has 3 atom stereocenters. The maximum absolute atomic E-state index is 13.2. The van der Waals surface area contributed by atoms with Crippen LogP contribution in [0, 0.1) is 11.3 Å². The van der Waals surface area contributed by atoms with Gasteiger partial charge >= 0.3 is 5.97 Å². The van der Waals surface area contributed by atoms with E-state index in [0.29, 0.717) is 11.5 Å². The zero-order valence-corrected chi connectivity index (χ0v) is 18.7. The highest BCUT2D eigenvalue weighted by Crippen LogP contribution is 2.65. The van der Waals surface area contributed by atoms with Crippen molar-refractivity contribution in [1.82, 2.24) is 4.72 Å². The maximum atomic E-state index is 13.2. The number of rotatable bonds is 10. The predicted molar refractivity (Wildman–Crippen MR) is 118 cm³/mol. The van der Waals surface area contributed by atoms with Crippen LogP contribution in [0.1, 0.15) is 67.9 Å². The lowest BCUT2D eigenvalue weighted by molar-refractivity contribution is 0.0600. The molecule has 1 saturated carbocycles. The summed E-state index contributed by atoms with van der Waals surface area (Å²) in [5, 5.41) is 0. The summed E-state index contributed by atoms with van der Waals surface area (Å²) in [7, 11) is -2.33. The highest BCUT2D eigenvalue weighted by Gasteiger charge is 2.58. The van der Waals surface area contributed by atoms with E-state index >= 15 is 0 Å². The SMILES string of the molecule is CCC[C@@H]1C[C@@]1(CCC)[C@@H](NS(=O)(=O)c1ccccc1)c1ccc(C(=O)OC)cc1. The van der Waals surface area contributed by atoms with Crippen molar-refractivity contribution in [2.24, 2.45) is 11.3 Å². The molecule has 1 aliphatic rings. The molecular formula is C24H31NO4S. The Labute approximate surface area is 179 Å². The second-order valence-electron chi connectivity index (χ2n) is 8.15. The van der Waals surface area contributed by atoms with Crippen molar-refractivity contribution in [3.05, 3.63) is 65.7 Å². The van der Waals surface area contributed by atoms with Gasteiger partial charge < -0.3 is 4.74 Å². The van der Waals surface area contributed by atoms with E-state index in [4.69, 9.17) is 4.74 Å². The van der Waals surface area contributed by atoms with Crippen molar-refractivity contribution in [2.75, 3.05) is 7.11 Å². The van der Waals surface area contributed by atoms with E-state index in [2.05, 4.69) is 18.6 Å². The van der Waals surface area contributed by atoms with E-state index in [1.54, 1.807) is 42.5 Å². The number of carbonyl (C=O) groups excluding carboxylic acids is 1. The summed E-state index contributed by atoms with van der Waals surface area (Å²) in [5.74, 6) is 0.0905. The van der Waals surface area contributed by atoms with Gasteiger partial charge in [-0.15, -0.1) is 0 Å². The second kappa shape index (κ2) is 9.31. The summed E-state index contributed by atoms with van der Waals surface area (Å²) >= 11 is 0. The van der Waals surface area contributed by atoms with Crippen LogP contribution in [0.15, 0.2) is 59.5 Å². The standard InChI is InChI=1S/C24H31NO4S/c1-4-9-20-17-24(20,16-5-2)22(18-12-14-19(15-13-18)23(26)29-3)25-30(27,28)21-10-7-6-8-11-21/h6-8,10-15,20,22,25H,4-5,9,16-17H2,1-3H3/t20-,22+,24-/m1/s1. The fraction of sp³-hybridized carbons (Fsp3) is 0.458. The van der Waals surface area contributed by atoms with E-state index in [9.17, 15) is 13.2 Å². The van der Waals surface area contributed by atoms with Crippen LogP contribution in [0.25, 0.3) is 0 Å². The zero-order chi connectivity index (χ0) is 21.8. The number of sulfonamides is 1. The van der Waals surface area contributed by atoms with Crippen molar-refractivity contribution in [3.63, 3.8) is 0 Å². The zero-order valence-electron chi connectivity index (χ0n) is 17.9. The number of ether oxygens (including phenoxy) is 1. The molecule has 5 nitrogen and oxygen atoms in total. The Hall–Kier alpha value is -2.18. The maximum Gasteiger partial charge on any atom is 0.337 e. The van der Waals surface area contributed by atoms with Gasteiger partial charge in [0.05, 0.1) is 23.6 Å². The van der Waals surface area contributed by atoms with Crippen molar-refractivity contribution in [2.45, 2.75) is 56.9 Å². The molecule has 2 aromatic rings. The molecule has 0 spiro atoms. The molecule has 1 N–H and O–H groups in total. The van der Waals surface area contributed by atoms with Crippen molar-refractivity contribution in [1.29, 1.82) is 0 Å². The molecule has 0 unspecified atom stereocenters. The van der Waals surface area contributed by atoms with Gasteiger partial charge in [-0.2, -0.15) is 0 Å². The summed E-state index contributed by atoms with van der Waals surface area (Å²) in [5.41, 5.74) is 1.24. The molecule has 162 valence electrons. The summed E-state index contributed by atoms with van der Waals surface area (Å²) in [6.07, 6.45) is 5.12. The minimum Gasteiger partial charge on any atom is -0.465 e. The highest BCUT2D eigenvalue weighted by atomic mass is 32.2. The number of hydrogen-bond donors (Lipinski definition) is 1. The van der Waals surface area contributed by atoms with Gasteiger partial charge in [0.1, 0.15) is 0 Å². The van der Waals surface area contributed by atoms with Crippen molar-refractivity contribution in [3.8, 4) is 0 Å². The van der Waals surface area contributed by atoms with Crippen LogP contribution in [-0.2, 0) is 14.8 Å². The number of esters is 1. The molecule has 30 heavy (non-hydrogen) atoms. The number of nitrogens with one attached hydrogen (secondary N) is 1. The molecule has 0 amide bonds. The normalized spacial score (nSPS) is 21.8. The van der Waals surface area contributed by atoms with Crippen LogP contribution in [0.3, 0.4) is 0 Å². The van der Waals surface area contributed by atoms with Gasteiger partial charge in [-0.3, -0.25) is 0 Å². The third-order valence-corrected chi connectivity index (χ3v) is 7.64. The average molecular weight is 430 g/mol. The van der Waals surface area contributed by atoms with Gasteiger partial charge in [0, 0.05) is 0 Å². The Kier molecular flexibility index (Phi) is 6.98. The Morgan fingerprint density at radius 2 is 1.77 bits per heavy atom. The lowest BCUT2D eigenvalue weighted by atomic mass is 9.84. The molecule has 1 aliphatic carbocycles. The molecule has 6 heteroatoms. The smallest absolute Gasteiger partial charge is 0.337 e. The summed E-state index contributed by atoms with van der Waals surface area (Å²) in [6, 6.07) is 15.3. The molecule has 1 fully saturated rings. The Morgan fingerprint density at radius 1 is 1.10 bits per heavy atom. The quantitative estimate of drug-likeness (QED) is 0.533. The second-order valence-corrected chi connectivity index (χ2v) is 9.87. The molecule has 0 radical (unpaired) electrons. The number of hydrogen-bond acceptors (Lipinski definition) is 4. The summed E-state index contributed by atoms with van der Waals surface area (Å²) in [4.78, 5) is 12.1. The minimum absolute atomic E-state index is 0.0978. The van der Waals surface area contributed by atoms with Gasteiger partial charge in [-0.25, -0.2) is 17.9 Å². The van der Waals surface area contributed by atoms with Gasteiger partial charge in [-0.05, 0) is 54.0 Å². The van der Waals surface area contributed by atoms with Crippen molar-refractivity contribution < 1.29 is 17.9 Å². The van der Waals surface area contributed by atoms with Crippen molar-refractivity contribution >= 4 is 16.0 Å². The van der Waals surface area contributed by atoms with E-state index in [-0.39, 0.29) is 16.4 Å². The van der Waals surface area contributed by atoms with E-state index in [1.807, 2.05) is 12.1 Å². The molecule has 0 heterocycles. The molecule has 3 rings (SSSR count). The first-order valence-corrected chi connectivity index (χ1v) is 12.1. The van der Waals surface area contributed by atoms with Crippen LogP contribution in [-0.4, -0.2) is 21.5 Å². The first-order valence-electron chi connectivity index (χ1n) is 10.6. The topological polar surface area (TPSA) is 72.5 Å². The summed E-state index contributed by atoms with van der Waals surface area (Å²) in [6.45, 7) is 4.31. The summed E-state index contributed by atoms with van der Waals surface area (Å²) < 4.78 is 34.2. The molecule has 2 aromatic carbocycles. The van der Waals surface area contributed by atoms with Gasteiger partial charge in [0.15, 0.2) is 0 Å². The average Bonchev–Trinajstić information content (AvgIpc) is 3.45. The van der Waals surface area contributed by atoms with Crippen LogP contribution in [0.2, 0.25) is 0 Å². The van der Waals surface area contributed by atoms with Crippen LogP contribution in [0.5, 0.6) is 0 Å². The first kappa shape index (κ1) is 22.5. The van der Waals surface area contributed by atoms with Crippen LogP contribution >= 0.6 is 0 Å². The number of carbonyl (C=O) groups is 1. The fourth-order valence-electron chi connectivity index (χ4n) is 4.68. The highest BCUT2D eigenvalue weighted by molar-refractivity contribution is 7.89. The number of benzene rings is 2. The molecule has 0 bridgehead atoms. The van der Waals surface area contributed by atoms with Gasteiger partial charge in [-0.1, -0.05) is 63.4 Å². The van der Waals surface area contributed by atoms with Gasteiger partial charge in [0.25, 0.3) is 0 Å². The third kappa shape index (κ3) is 4.60. The number of methoxy groups -OCH3 is 1. The Morgan fingerprint density at radius 3 is 2.33 bits per heavy atom. The lowest BCUT2D eigenvalue weighted by Crippen LogP contribution is -2.35. The van der Waals surface area contributed by atoms with Crippen LogP contribution in [0.4, 0.5) is 0 Å². The monoisotopic (exact) mass is 429 g/mol. The van der Waals surface area contributed by atoms with E-state index in [0.717, 1.165) is 37.7 Å². The van der Waals surface area contributed by atoms with Gasteiger partial charge in [0.2, 0.25) is 10.0 Å². The largest absolute Gasteiger partial charge is 0.465 e.